The number of nitrogens with one attached hydrogen (secondary N) is 2. The summed E-state index contributed by atoms with van der Waals surface area (Å²) >= 11 is 3.39. The van der Waals surface area contributed by atoms with Gasteiger partial charge in [0.15, 0.2) is 5.71 Å². The smallest absolute Gasteiger partial charge is 0.213 e. The van der Waals surface area contributed by atoms with Crippen LogP contribution in [0.15, 0.2) is 40.9 Å². The first-order chi connectivity index (χ1) is 9.63. The Labute approximate surface area is 124 Å². The minimum absolute atomic E-state index is 0.221. The van der Waals surface area contributed by atoms with E-state index in [9.17, 15) is 0 Å². The molecule has 0 spiro atoms. The first-order valence-corrected chi connectivity index (χ1v) is 6.50. The van der Waals surface area contributed by atoms with E-state index in [1.54, 1.807) is 18.2 Å². The number of ether oxygens (including phenoxy) is 1. The molecular formula is C14H11BrN4O. The highest BCUT2D eigenvalue weighted by Crippen LogP contribution is 2.24. The molecule has 0 fully saturated rings. The number of rotatable bonds is 4. The molecule has 1 aromatic carbocycles. The second-order valence-corrected chi connectivity index (χ2v) is 4.79. The summed E-state index contributed by atoms with van der Waals surface area (Å²) in [6.45, 7) is 0. The van der Waals surface area contributed by atoms with Gasteiger partial charge in [0.25, 0.3) is 0 Å². The molecule has 1 heterocycles. The molecule has 6 heteroatoms. The average Bonchev–Trinajstić information content (AvgIpc) is 2.47. The van der Waals surface area contributed by atoms with Crippen LogP contribution in [0, 0.1) is 16.7 Å². The third-order valence-corrected chi connectivity index (χ3v) is 3.02. The number of nitrogens with zero attached hydrogens (tertiary/aromatic N) is 2. The third kappa shape index (κ3) is 3.13. The van der Waals surface area contributed by atoms with Gasteiger partial charge in [-0.1, -0.05) is 22.0 Å². The molecule has 2 aromatic rings. The SMILES string of the molecule is COc1ccc(Nc2cccc(Br)c2)c(C(=N)C#N)n1. The van der Waals surface area contributed by atoms with Crippen LogP contribution in [0.25, 0.3) is 0 Å². The van der Waals surface area contributed by atoms with E-state index in [2.05, 4.69) is 26.2 Å². The molecule has 2 N–H and O–H groups in total. The number of methoxy groups -OCH3 is 1. The molecule has 0 amide bonds. The molecule has 100 valence electrons. The number of halogens is 1. The van der Waals surface area contributed by atoms with Crippen molar-refractivity contribution in [1.29, 1.82) is 10.7 Å². The summed E-state index contributed by atoms with van der Waals surface area (Å²) in [6.07, 6.45) is 0. The summed E-state index contributed by atoms with van der Waals surface area (Å²) in [6, 6.07) is 12.8. The summed E-state index contributed by atoms with van der Waals surface area (Å²) in [5.74, 6) is 0.361. The predicted octanol–water partition coefficient (Wildman–Crippen LogP) is 3.49. The van der Waals surface area contributed by atoms with Gasteiger partial charge in [-0.3, -0.25) is 5.41 Å². The van der Waals surface area contributed by atoms with Gasteiger partial charge in [0, 0.05) is 16.2 Å². The van der Waals surface area contributed by atoms with Crippen LogP contribution in [0.2, 0.25) is 0 Å². The maximum Gasteiger partial charge on any atom is 0.213 e. The Morgan fingerprint density at radius 1 is 1.40 bits per heavy atom. The van der Waals surface area contributed by atoms with Gasteiger partial charge in [0.1, 0.15) is 11.8 Å². The van der Waals surface area contributed by atoms with Gasteiger partial charge < -0.3 is 10.1 Å². The zero-order chi connectivity index (χ0) is 14.5. The molecule has 20 heavy (non-hydrogen) atoms. The van der Waals surface area contributed by atoms with E-state index in [1.165, 1.54) is 7.11 Å². The van der Waals surface area contributed by atoms with Gasteiger partial charge in [-0.15, -0.1) is 0 Å². The Hall–Kier alpha value is -2.39. The van der Waals surface area contributed by atoms with Crippen LogP contribution in [-0.4, -0.2) is 17.8 Å². The normalized spacial score (nSPS) is 9.65. The Kier molecular flexibility index (Phi) is 4.33. The lowest BCUT2D eigenvalue weighted by atomic mass is 10.2. The maximum absolute atomic E-state index is 8.90. The lowest BCUT2D eigenvalue weighted by molar-refractivity contribution is 0.398. The lowest BCUT2D eigenvalue weighted by Gasteiger charge is -2.11. The Morgan fingerprint density at radius 2 is 2.20 bits per heavy atom. The molecule has 0 aliphatic heterocycles. The van der Waals surface area contributed by atoms with E-state index in [0.29, 0.717) is 11.6 Å². The highest BCUT2D eigenvalue weighted by Gasteiger charge is 2.11. The standard InChI is InChI=1S/C14H11BrN4O/c1-20-13-6-5-12(14(19-13)11(17)8-16)18-10-4-2-3-9(15)7-10/h2-7,17-18H,1H3. The van der Waals surface area contributed by atoms with Gasteiger partial charge in [0.2, 0.25) is 5.88 Å². The largest absolute Gasteiger partial charge is 0.481 e. The van der Waals surface area contributed by atoms with Gasteiger partial charge in [-0.2, -0.15) is 5.26 Å². The zero-order valence-electron chi connectivity index (χ0n) is 10.6. The molecule has 0 saturated heterocycles. The van der Waals surface area contributed by atoms with E-state index < -0.39 is 0 Å². The molecular weight excluding hydrogens is 320 g/mol. The highest BCUT2D eigenvalue weighted by atomic mass is 79.9. The van der Waals surface area contributed by atoms with Gasteiger partial charge in [-0.25, -0.2) is 4.98 Å². The lowest BCUT2D eigenvalue weighted by Crippen LogP contribution is -2.06. The van der Waals surface area contributed by atoms with E-state index in [-0.39, 0.29) is 11.4 Å². The first kappa shape index (κ1) is 14.0. The summed E-state index contributed by atoms with van der Waals surface area (Å²) in [7, 11) is 1.49. The van der Waals surface area contributed by atoms with Crippen molar-refractivity contribution in [3.05, 3.63) is 46.6 Å². The molecule has 0 bridgehead atoms. The molecule has 1 aromatic heterocycles. The van der Waals surface area contributed by atoms with E-state index in [0.717, 1.165) is 10.2 Å². The summed E-state index contributed by atoms with van der Waals surface area (Å²) in [4.78, 5) is 4.14. The second kappa shape index (κ2) is 6.17. The Balaban J connectivity index is 2.41. The van der Waals surface area contributed by atoms with Crippen molar-refractivity contribution in [2.24, 2.45) is 0 Å². The van der Waals surface area contributed by atoms with Crippen molar-refractivity contribution in [3.63, 3.8) is 0 Å². The number of aromatic nitrogens is 1. The van der Waals surface area contributed by atoms with Crippen LogP contribution >= 0.6 is 15.9 Å². The van der Waals surface area contributed by atoms with Crippen molar-refractivity contribution >= 4 is 33.0 Å². The number of nitriles is 1. The fourth-order valence-electron chi connectivity index (χ4n) is 1.62. The number of benzene rings is 1. The number of hydrogen-bond acceptors (Lipinski definition) is 5. The van der Waals surface area contributed by atoms with Crippen LogP contribution < -0.4 is 10.1 Å². The fraction of sp³-hybridized carbons (Fsp3) is 0.0714. The third-order valence-electron chi connectivity index (χ3n) is 2.53. The van der Waals surface area contributed by atoms with E-state index in [4.69, 9.17) is 15.4 Å². The van der Waals surface area contributed by atoms with Crippen molar-refractivity contribution < 1.29 is 4.74 Å². The summed E-state index contributed by atoms with van der Waals surface area (Å²) < 4.78 is 5.95. The molecule has 0 unspecified atom stereocenters. The van der Waals surface area contributed by atoms with Crippen LogP contribution in [0.1, 0.15) is 5.69 Å². The van der Waals surface area contributed by atoms with Crippen LogP contribution in [0.4, 0.5) is 11.4 Å². The Bertz CT molecular complexity index is 694. The van der Waals surface area contributed by atoms with E-state index >= 15 is 0 Å². The fourth-order valence-corrected chi connectivity index (χ4v) is 2.02. The molecule has 0 aliphatic carbocycles. The van der Waals surface area contributed by atoms with Crippen molar-refractivity contribution in [3.8, 4) is 11.9 Å². The quantitative estimate of drug-likeness (QED) is 0.840. The van der Waals surface area contributed by atoms with Crippen LogP contribution in [0.5, 0.6) is 5.88 Å². The second-order valence-electron chi connectivity index (χ2n) is 3.87. The monoisotopic (exact) mass is 330 g/mol. The van der Waals surface area contributed by atoms with Gasteiger partial charge in [0.05, 0.1) is 12.8 Å². The van der Waals surface area contributed by atoms with Crippen molar-refractivity contribution in [1.82, 2.24) is 4.98 Å². The molecule has 5 nitrogen and oxygen atoms in total. The molecule has 2 rings (SSSR count). The first-order valence-electron chi connectivity index (χ1n) is 5.70. The summed E-state index contributed by atoms with van der Waals surface area (Å²) in [5, 5.41) is 19.7. The summed E-state index contributed by atoms with van der Waals surface area (Å²) in [5.41, 5.74) is 1.45. The minimum atomic E-state index is -0.221. The molecule has 0 aliphatic rings. The van der Waals surface area contributed by atoms with Crippen LogP contribution in [0.3, 0.4) is 0 Å². The van der Waals surface area contributed by atoms with Gasteiger partial charge in [-0.05, 0) is 24.3 Å². The highest BCUT2D eigenvalue weighted by molar-refractivity contribution is 9.10. The van der Waals surface area contributed by atoms with Crippen molar-refractivity contribution in [2.75, 3.05) is 12.4 Å². The molecule has 0 radical (unpaired) electrons. The number of hydrogen-bond donors (Lipinski definition) is 2. The van der Waals surface area contributed by atoms with Crippen LogP contribution in [-0.2, 0) is 0 Å². The maximum atomic E-state index is 8.90. The number of anilines is 2. The van der Waals surface area contributed by atoms with Gasteiger partial charge >= 0.3 is 0 Å². The zero-order valence-corrected chi connectivity index (χ0v) is 12.2. The topological polar surface area (TPSA) is 81.8 Å². The average molecular weight is 331 g/mol. The van der Waals surface area contributed by atoms with E-state index in [1.807, 2.05) is 24.3 Å². The molecule has 0 atom stereocenters. The van der Waals surface area contributed by atoms with Crippen molar-refractivity contribution in [2.45, 2.75) is 0 Å². The minimum Gasteiger partial charge on any atom is -0.481 e. The molecule has 0 saturated carbocycles. The Morgan fingerprint density at radius 3 is 2.85 bits per heavy atom. The predicted molar refractivity (Wildman–Crippen MR) is 80.7 cm³/mol. The number of pyridine rings is 1.